The van der Waals surface area contributed by atoms with E-state index in [1.54, 1.807) is 32.0 Å². The summed E-state index contributed by atoms with van der Waals surface area (Å²) < 4.78 is 24.8. The van der Waals surface area contributed by atoms with Crippen molar-refractivity contribution in [1.82, 2.24) is 19.5 Å². The molecule has 10 nitrogen and oxygen atoms in total. The van der Waals surface area contributed by atoms with E-state index in [-0.39, 0.29) is 18.4 Å². The van der Waals surface area contributed by atoms with Crippen LogP contribution >= 0.6 is 11.6 Å². The number of hydrogen-bond donors (Lipinski definition) is 1. The third-order valence-electron chi connectivity index (χ3n) is 5.81. The molecular formula is C25H25ClN4O6. The van der Waals surface area contributed by atoms with Crippen LogP contribution < -0.4 is 4.74 Å². The van der Waals surface area contributed by atoms with Crippen molar-refractivity contribution in [1.29, 1.82) is 0 Å². The molecule has 1 fully saturated rings. The van der Waals surface area contributed by atoms with E-state index in [1.165, 1.54) is 13.4 Å². The van der Waals surface area contributed by atoms with E-state index < -0.39 is 24.1 Å². The number of esters is 1. The molecule has 1 N–H and O–H groups in total. The van der Waals surface area contributed by atoms with E-state index in [9.17, 15) is 9.90 Å². The number of pyridine rings is 1. The summed E-state index contributed by atoms with van der Waals surface area (Å²) in [5.41, 5.74) is 1.44. The zero-order chi connectivity index (χ0) is 25.4. The Morgan fingerprint density at radius 3 is 2.83 bits per heavy atom. The molecule has 0 amide bonds. The zero-order valence-electron chi connectivity index (χ0n) is 19.9. The number of aliphatic hydroxyl groups is 1. The fourth-order valence-electron chi connectivity index (χ4n) is 4.28. The van der Waals surface area contributed by atoms with Crippen LogP contribution in [0.5, 0.6) is 5.75 Å². The minimum atomic E-state index is -1.36. The van der Waals surface area contributed by atoms with E-state index in [4.69, 9.17) is 30.5 Å². The monoisotopic (exact) mass is 512 g/mol. The van der Waals surface area contributed by atoms with E-state index in [2.05, 4.69) is 15.0 Å². The highest BCUT2D eigenvalue weighted by molar-refractivity contribution is 6.33. The maximum absolute atomic E-state index is 11.8. The van der Waals surface area contributed by atoms with Gasteiger partial charge in [-0.25, -0.2) is 19.7 Å². The van der Waals surface area contributed by atoms with Crippen LogP contribution in [-0.2, 0) is 14.2 Å². The number of ether oxygens (including phenoxy) is 4. The van der Waals surface area contributed by atoms with Gasteiger partial charge in [0.05, 0.1) is 24.1 Å². The fourth-order valence-corrected chi connectivity index (χ4v) is 4.48. The number of carbonyl (C=O) groups excluding carboxylic acids is 1. The standard InChI is InChI=1S/C25H25ClN4O6/c1-25(2,32)36-20-11-16(35-23(20)30-9-8-17-21(26)27-13-28-22(17)30)12-34-15-6-4-14-5-7-18(24(31)33-3)29-19(14)10-15/h4-10,13,16,20,23,32H,11-12H2,1-3H3/t16-,20+,23+/m0/s1. The van der Waals surface area contributed by atoms with Crippen LogP contribution in [0.3, 0.4) is 0 Å². The first-order valence-corrected chi connectivity index (χ1v) is 11.7. The maximum atomic E-state index is 11.8. The van der Waals surface area contributed by atoms with E-state index in [0.717, 1.165) is 5.39 Å². The van der Waals surface area contributed by atoms with E-state index in [0.29, 0.717) is 33.9 Å². The van der Waals surface area contributed by atoms with Crippen molar-refractivity contribution in [3.8, 4) is 5.75 Å². The molecule has 3 aromatic heterocycles. The van der Waals surface area contributed by atoms with Crippen LogP contribution in [0.2, 0.25) is 5.15 Å². The lowest BCUT2D eigenvalue weighted by molar-refractivity contribution is -0.222. The number of benzene rings is 1. The molecule has 4 heterocycles. The molecule has 0 unspecified atom stereocenters. The molecular weight excluding hydrogens is 488 g/mol. The zero-order valence-corrected chi connectivity index (χ0v) is 20.7. The molecule has 36 heavy (non-hydrogen) atoms. The van der Waals surface area contributed by atoms with Gasteiger partial charge >= 0.3 is 5.97 Å². The summed E-state index contributed by atoms with van der Waals surface area (Å²) in [5.74, 6) is -1.29. The molecule has 188 valence electrons. The third-order valence-corrected chi connectivity index (χ3v) is 6.11. The molecule has 0 saturated carbocycles. The van der Waals surface area contributed by atoms with Gasteiger partial charge in [-0.1, -0.05) is 17.7 Å². The normalized spacial score (nSPS) is 20.2. The molecule has 1 aliphatic rings. The van der Waals surface area contributed by atoms with Gasteiger partial charge < -0.3 is 28.6 Å². The number of methoxy groups -OCH3 is 1. The summed E-state index contributed by atoms with van der Waals surface area (Å²) >= 11 is 6.22. The van der Waals surface area contributed by atoms with Gasteiger partial charge in [-0.05, 0) is 38.1 Å². The number of carbonyl (C=O) groups is 1. The summed E-state index contributed by atoms with van der Waals surface area (Å²) in [6.07, 6.45) is 2.32. The molecule has 5 rings (SSSR count). The number of rotatable bonds is 7. The lowest BCUT2D eigenvalue weighted by Crippen LogP contribution is -2.33. The van der Waals surface area contributed by atoms with Crippen molar-refractivity contribution in [2.24, 2.45) is 0 Å². The van der Waals surface area contributed by atoms with Gasteiger partial charge in [0.2, 0.25) is 0 Å². The largest absolute Gasteiger partial charge is 0.491 e. The smallest absolute Gasteiger partial charge is 0.356 e. The first-order chi connectivity index (χ1) is 17.2. The van der Waals surface area contributed by atoms with Crippen LogP contribution in [0.4, 0.5) is 0 Å². The molecule has 4 aromatic rings. The summed E-state index contributed by atoms with van der Waals surface area (Å²) in [7, 11) is 1.32. The first-order valence-electron chi connectivity index (χ1n) is 11.4. The van der Waals surface area contributed by atoms with Crippen LogP contribution in [0.25, 0.3) is 21.9 Å². The van der Waals surface area contributed by atoms with Crippen LogP contribution in [-0.4, -0.2) is 62.3 Å². The Labute approximate surface area is 211 Å². The number of hydrogen-bond acceptors (Lipinski definition) is 9. The Morgan fingerprint density at radius 2 is 2.06 bits per heavy atom. The molecule has 0 radical (unpaired) electrons. The highest BCUT2D eigenvalue weighted by Gasteiger charge is 2.41. The summed E-state index contributed by atoms with van der Waals surface area (Å²) in [4.78, 5) is 24.6. The van der Waals surface area contributed by atoms with Gasteiger partial charge in [0.25, 0.3) is 0 Å². The van der Waals surface area contributed by atoms with Gasteiger partial charge in [-0.3, -0.25) is 0 Å². The van der Waals surface area contributed by atoms with Gasteiger partial charge in [-0.2, -0.15) is 0 Å². The topological polar surface area (TPSA) is 118 Å². The molecule has 3 atom stereocenters. The predicted molar refractivity (Wildman–Crippen MR) is 131 cm³/mol. The van der Waals surface area contributed by atoms with Crippen molar-refractivity contribution in [2.45, 2.75) is 44.5 Å². The molecule has 0 spiro atoms. The average Bonchev–Trinajstić information content (AvgIpc) is 3.45. The molecule has 1 aromatic carbocycles. The molecule has 1 aliphatic heterocycles. The maximum Gasteiger partial charge on any atom is 0.356 e. The SMILES string of the molecule is COC(=O)c1ccc2ccc(OC[C@@H]3C[C@@H](OC(C)(C)O)[C@H](n4ccc5c(Cl)ncnc54)O3)cc2n1. The van der Waals surface area contributed by atoms with Crippen LogP contribution in [0, 0.1) is 0 Å². The number of halogens is 1. The van der Waals surface area contributed by atoms with Gasteiger partial charge in [0.1, 0.15) is 41.3 Å². The van der Waals surface area contributed by atoms with Crippen molar-refractivity contribution >= 4 is 39.5 Å². The quantitative estimate of drug-likeness (QED) is 0.223. The van der Waals surface area contributed by atoms with Gasteiger partial charge in [0.15, 0.2) is 12.0 Å². The molecule has 0 bridgehead atoms. The van der Waals surface area contributed by atoms with Gasteiger partial charge in [0, 0.05) is 24.1 Å². The number of aromatic nitrogens is 4. The average molecular weight is 513 g/mol. The summed E-state index contributed by atoms with van der Waals surface area (Å²) in [6, 6.07) is 10.7. The third kappa shape index (κ3) is 4.98. The van der Waals surface area contributed by atoms with Crippen molar-refractivity contribution in [3.05, 3.63) is 59.8 Å². The highest BCUT2D eigenvalue weighted by Crippen LogP contribution is 2.36. The summed E-state index contributed by atoms with van der Waals surface area (Å²) in [5, 5.41) is 12.2. The lowest BCUT2D eigenvalue weighted by atomic mass is 10.2. The fraction of sp³-hybridized carbons (Fsp3) is 0.360. The Bertz CT molecular complexity index is 1420. The Morgan fingerprint density at radius 1 is 1.25 bits per heavy atom. The van der Waals surface area contributed by atoms with Crippen LogP contribution in [0.15, 0.2) is 48.9 Å². The second-order valence-electron chi connectivity index (χ2n) is 8.97. The highest BCUT2D eigenvalue weighted by atomic mass is 35.5. The molecule has 0 aliphatic carbocycles. The first kappa shape index (κ1) is 24.4. The summed E-state index contributed by atoms with van der Waals surface area (Å²) in [6.45, 7) is 3.38. The minimum Gasteiger partial charge on any atom is -0.491 e. The molecule has 1 saturated heterocycles. The van der Waals surface area contributed by atoms with Crippen molar-refractivity contribution < 1.29 is 28.8 Å². The predicted octanol–water partition coefficient (Wildman–Crippen LogP) is 3.90. The lowest BCUT2D eigenvalue weighted by Gasteiger charge is -2.27. The van der Waals surface area contributed by atoms with Crippen molar-refractivity contribution in [2.75, 3.05) is 13.7 Å². The van der Waals surface area contributed by atoms with E-state index >= 15 is 0 Å². The van der Waals surface area contributed by atoms with Crippen molar-refractivity contribution in [3.63, 3.8) is 0 Å². The van der Waals surface area contributed by atoms with E-state index in [1.807, 2.05) is 29.0 Å². The minimum absolute atomic E-state index is 0.221. The second kappa shape index (κ2) is 9.62. The second-order valence-corrected chi connectivity index (χ2v) is 9.32. The Balaban J connectivity index is 1.35. The number of fused-ring (bicyclic) bond motifs is 2. The molecule has 11 heteroatoms. The van der Waals surface area contributed by atoms with Crippen LogP contribution in [0.1, 0.15) is 37.0 Å². The Hall–Kier alpha value is -3.31. The number of nitrogens with zero attached hydrogens (tertiary/aromatic N) is 4. The van der Waals surface area contributed by atoms with Gasteiger partial charge in [-0.15, -0.1) is 0 Å². The Kier molecular flexibility index (Phi) is 6.52.